The van der Waals surface area contributed by atoms with Crippen LogP contribution >= 0.6 is 0 Å². The predicted molar refractivity (Wildman–Crippen MR) is 120 cm³/mol. The van der Waals surface area contributed by atoms with Gasteiger partial charge in [0.1, 0.15) is 12.1 Å². The normalized spacial score (nSPS) is 16.0. The van der Waals surface area contributed by atoms with Gasteiger partial charge in [0.2, 0.25) is 5.91 Å². The van der Waals surface area contributed by atoms with E-state index in [4.69, 9.17) is 14.6 Å². The van der Waals surface area contributed by atoms with Gasteiger partial charge >= 0.3 is 12.1 Å². The van der Waals surface area contributed by atoms with E-state index in [1.807, 2.05) is 48.5 Å². The molecule has 0 heterocycles. The summed E-state index contributed by atoms with van der Waals surface area (Å²) in [4.78, 5) is 36.4. The molecule has 0 saturated carbocycles. The molecular weight excluding hydrogens is 428 g/mol. The first-order chi connectivity index (χ1) is 15.6. The number of amides is 2. The number of aliphatic carboxylic acids is 1. The highest BCUT2D eigenvalue weighted by atomic mass is 16.5. The number of benzene rings is 2. The first-order valence-corrected chi connectivity index (χ1v) is 10.5. The molecule has 1 aliphatic rings. The van der Waals surface area contributed by atoms with Crippen LogP contribution in [0, 0.1) is 0 Å². The fourth-order valence-corrected chi connectivity index (χ4v) is 3.83. The third-order valence-electron chi connectivity index (χ3n) is 5.71. The Morgan fingerprint density at radius 3 is 2.06 bits per heavy atom. The van der Waals surface area contributed by atoms with Crippen molar-refractivity contribution in [1.29, 1.82) is 0 Å². The molecule has 0 aliphatic heterocycles. The molecule has 1 aliphatic carbocycles. The van der Waals surface area contributed by atoms with Gasteiger partial charge in [-0.1, -0.05) is 48.5 Å². The van der Waals surface area contributed by atoms with E-state index in [9.17, 15) is 19.5 Å². The number of alkyl carbamates (subject to hydrolysis) is 1. The molecule has 0 saturated heterocycles. The molecule has 2 atom stereocenters. The number of hydrogen-bond acceptors (Lipinski definition) is 6. The summed E-state index contributed by atoms with van der Waals surface area (Å²) in [5.41, 5.74) is 0.589. The topological polar surface area (TPSA) is 134 Å². The van der Waals surface area contributed by atoms with E-state index in [0.29, 0.717) is 0 Å². The number of fused-ring (bicyclic) bond motifs is 3. The van der Waals surface area contributed by atoms with Crippen molar-refractivity contribution in [2.45, 2.75) is 30.9 Å². The maximum absolute atomic E-state index is 12.7. The zero-order valence-corrected chi connectivity index (χ0v) is 18.8. The molecule has 0 spiro atoms. The first kappa shape index (κ1) is 24.2. The Kier molecular flexibility index (Phi) is 7.04. The van der Waals surface area contributed by atoms with Crippen molar-refractivity contribution >= 4 is 18.0 Å². The molecule has 2 amide bonds. The summed E-state index contributed by atoms with van der Waals surface area (Å²) < 4.78 is 10.6. The number of methoxy groups -OCH3 is 1. The Hall–Kier alpha value is -3.43. The highest BCUT2D eigenvalue weighted by Crippen LogP contribution is 2.44. The molecular formula is C24H28N2O7. The van der Waals surface area contributed by atoms with Crippen LogP contribution in [0.1, 0.15) is 30.9 Å². The van der Waals surface area contributed by atoms with Crippen molar-refractivity contribution in [3.63, 3.8) is 0 Å². The number of nitrogens with one attached hydrogen (secondary N) is 2. The number of aliphatic hydroxyl groups is 1. The van der Waals surface area contributed by atoms with E-state index in [0.717, 1.165) is 29.2 Å². The van der Waals surface area contributed by atoms with Gasteiger partial charge in [0.15, 0.2) is 5.60 Å². The molecule has 4 N–H and O–H groups in total. The van der Waals surface area contributed by atoms with E-state index in [-0.39, 0.29) is 19.1 Å². The summed E-state index contributed by atoms with van der Waals surface area (Å²) in [6.45, 7) is 1.80. The molecule has 33 heavy (non-hydrogen) atoms. The Balaban J connectivity index is 1.67. The molecule has 2 unspecified atom stereocenters. The minimum atomic E-state index is -2.16. The minimum Gasteiger partial charge on any atom is -0.479 e. The second-order valence-corrected chi connectivity index (χ2v) is 8.48. The molecule has 0 bridgehead atoms. The second kappa shape index (κ2) is 9.60. The average Bonchev–Trinajstić information content (AvgIpc) is 3.10. The van der Waals surface area contributed by atoms with Gasteiger partial charge in [-0.15, -0.1) is 0 Å². The lowest BCUT2D eigenvalue weighted by molar-refractivity contribution is -0.156. The van der Waals surface area contributed by atoms with Crippen LogP contribution in [0.25, 0.3) is 11.1 Å². The van der Waals surface area contributed by atoms with Crippen LogP contribution in [-0.2, 0) is 19.1 Å². The second-order valence-electron chi connectivity index (χ2n) is 8.48. The SMILES string of the molecule is COCC(C)(NC(=O)OCC1c2ccccc2-c2ccccc21)C(=O)NCC(C)(O)C(=O)O. The van der Waals surface area contributed by atoms with Crippen LogP contribution in [0.4, 0.5) is 4.79 Å². The highest BCUT2D eigenvalue weighted by Gasteiger charge is 2.39. The predicted octanol–water partition coefficient (Wildman–Crippen LogP) is 1.88. The van der Waals surface area contributed by atoms with Crippen LogP contribution in [-0.4, -0.2) is 66.2 Å². The highest BCUT2D eigenvalue weighted by molar-refractivity contribution is 5.90. The smallest absolute Gasteiger partial charge is 0.408 e. The summed E-state index contributed by atoms with van der Waals surface area (Å²) in [5.74, 6) is -2.35. The maximum Gasteiger partial charge on any atom is 0.408 e. The van der Waals surface area contributed by atoms with Crippen molar-refractivity contribution in [3.05, 3.63) is 59.7 Å². The summed E-state index contributed by atoms with van der Waals surface area (Å²) in [6.07, 6.45) is -0.823. The van der Waals surface area contributed by atoms with Gasteiger partial charge in [-0.25, -0.2) is 9.59 Å². The molecule has 176 valence electrons. The lowest BCUT2D eigenvalue weighted by Gasteiger charge is -2.30. The van der Waals surface area contributed by atoms with Gasteiger partial charge in [-0.05, 0) is 36.1 Å². The Labute approximate surface area is 191 Å². The molecule has 0 fully saturated rings. The lowest BCUT2D eigenvalue weighted by Crippen LogP contribution is -2.61. The van der Waals surface area contributed by atoms with Crippen LogP contribution in [0.3, 0.4) is 0 Å². The van der Waals surface area contributed by atoms with Crippen LogP contribution in [0.2, 0.25) is 0 Å². The number of carboxylic acids is 1. The van der Waals surface area contributed by atoms with Crippen molar-refractivity contribution in [1.82, 2.24) is 10.6 Å². The summed E-state index contributed by atoms with van der Waals surface area (Å²) in [7, 11) is 1.36. The van der Waals surface area contributed by atoms with Gasteiger partial charge in [0.05, 0.1) is 13.2 Å². The molecule has 3 rings (SSSR count). The number of hydrogen-bond donors (Lipinski definition) is 4. The Morgan fingerprint density at radius 1 is 1.00 bits per heavy atom. The van der Waals surface area contributed by atoms with Crippen molar-refractivity contribution in [2.75, 3.05) is 26.9 Å². The number of carbonyl (C=O) groups is 3. The van der Waals surface area contributed by atoms with E-state index in [1.54, 1.807) is 0 Å². The van der Waals surface area contributed by atoms with Crippen molar-refractivity contribution in [2.24, 2.45) is 0 Å². The third-order valence-corrected chi connectivity index (χ3v) is 5.71. The molecule has 9 nitrogen and oxygen atoms in total. The quantitative estimate of drug-likeness (QED) is 0.453. The zero-order valence-electron chi connectivity index (χ0n) is 18.8. The third kappa shape index (κ3) is 5.15. The van der Waals surface area contributed by atoms with Crippen molar-refractivity contribution < 1.29 is 34.1 Å². The first-order valence-electron chi connectivity index (χ1n) is 10.5. The molecule has 9 heteroatoms. The van der Waals surface area contributed by atoms with Gasteiger partial charge in [0.25, 0.3) is 0 Å². The van der Waals surface area contributed by atoms with E-state index in [1.165, 1.54) is 14.0 Å². The number of carboxylic acid groups (broad SMARTS) is 1. The molecule has 2 aromatic rings. The fourth-order valence-electron chi connectivity index (χ4n) is 3.83. The standard InChI is InChI=1S/C24H28N2O7/c1-23(14-32-3,20(27)25-13-24(2,31)21(28)29)26-22(30)33-12-19-17-10-6-4-8-15(17)16-9-5-7-11-18(16)19/h4-11,19,31H,12-14H2,1-3H3,(H,25,27)(H,26,30)(H,28,29). The number of carbonyl (C=O) groups excluding carboxylic acids is 2. The largest absolute Gasteiger partial charge is 0.479 e. The summed E-state index contributed by atoms with van der Waals surface area (Å²) in [6, 6.07) is 15.8. The maximum atomic E-state index is 12.7. The van der Waals surface area contributed by atoms with Crippen LogP contribution < -0.4 is 10.6 Å². The fraction of sp³-hybridized carbons (Fsp3) is 0.375. The van der Waals surface area contributed by atoms with Crippen LogP contribution in [0.5, 0.6) is 0 Å². The summed E-state index contributed by atoms with van der Waals surface area (Å²) >= 11 is 0. The zero-order chi connectivity index (χ0) is 24.2. The Bertz CT molecular complexity index is 1010. The van der Waals surface area contributed by atoms with E-state index < -0.39 is 35.7 Å². The number of ether oxygens (including phenoxy) is 2. The van der Waals surface area contributed by atoms with E-state index in [2.05, 4.69) is 10.6 Å². The average molecular weight is 456 g/mol. The van der Waals surface area contributed by atoms with Gasteiger partial charge in [0, 0.05) is 13.0 Å². The van der Waals surface area contributed by atoms with E-state index >= 15 is 0 Å². The lowest BCUT2D eigenvalue weighted by atomic mass is 9.98. The molecule has 0 aromatic heterocycles. The monoisotopic (exact) mass is 456 g/mol. The summed E-state index contributed by atoms with van der Waals surface area (Å²) in [5, 5.41) is 23.7. The van der Waals surface area contributed by atoms with Crippen molar-refractivity contribution in [3.8, 4) is 11.1 Å². The molecule has 2 aromatic carbocycles. The Morgan fingerprint density at radius 2 is 1.55 bits per heavy atom. The van der Waals surface area contributed by atoms with Crippen LogP contribution in [0.15, 0.2) is 48.5 Å². The number of rotatable bonds is 9. The van der Waals surface area contributed by atoms with Gasteiger partial charge < -0.3 is 30.3 Å². The molecule has 0 radical (unpaired) electrons. The van der Waals surface area contributed by atoms with Gasteiger partial charge in [-0.2, -0.15) is 0 Å². The minimum absolute atomic E-state index is 0.0677. The van der Waals surface area contributed by atoms with Gasteiger partial charge in [-0.3, -0.25) is 4.79 Å².